The first kappa shape index (κ1) is 17.5. The van der Waals surface area contributed by atoms with Crippen molar-refractivity contribution in [3.63, 3.8) is 0 Å². The van der Waals surface area contributed by atoms with Gasteiger partial charge in [-0.3, -0.25) is 10.1 Å². The molecule has 7 nitrogen and oxygen atoms in total. The van der Waals surface area contributed by atoms with Crippen LogP contribution in [-0.4, -0.2) is 24.3 Å². The first-order valence-electron chi connectivity index (χ1n) is 7.00. The Kier molecular flexibility index (Phi) is 5.54. The third kappa shape index (κ3) is 3.90. The first-order valence-corrected chi connectivity index (χ1v) is 7.41. The van der Waals surface area contributed by atoms with Crippen LogP contribution in [0.25, 0.3) is 0 Å². The van der Waals surface area contributed by atoms with Crippen molar-refractivity contribution in [3.8, 4) is 11.5 Å². The summed E-state index contributed by atoms with van der Waals surface area (Å²) in [4.78, 5) is 10.6. The van der Waals surface area contributed by atoms with Crippen LogP contribution < -0.4 is 20.1 Å². The Balaban J connectivity index is 2.20. The summed E-state index contributed by atoms with van der Waals surface area (Å²) in [6, 6.07) is 10.0. The quantitative estimate of drug-likeness (QED) is 0.484. The molecule has 0 aliphatic rings. The molecule has 2 N–H and O–H groups in total. The lowest BCUT2D eigenvalue weighted by molar-refractivity contribution is -0.385. The molecule has 0 fully saturated rings. The van der Waals surface area contributed by atoms with Gasteiger partial charge >= 0.3 is 0 Å². The molecule has 0 bridgehead atoms. The monoisotopic (exact) mass is 347 g/mol. The SMILES string of the molecule is COc1ccc(OC)c(NC(=S)Nc2cccc([N+](=O)[O-])c2C)c1. The number of benzene rings is 2. The lowest BCUT2D eigenvalue weighted by Gasteiger charge is -2.15. The molecule has 24 heavy (non-hydrogen) atoms. The molecule has 0 aromatic heterocycles. The zero-order valence-electron chi connectivity index (χ0n) is 13.5. The second kappa shape index (κ2) is 7.60. The van der Waals surface area contributed by atoms with Gasteiger partial charge in [-0.15, -0.1) is 0 Å². The largest absolute Gasteiger partial charge is 0.497 e. The number of rotatable bonds is 5. The van der Waals surface area contributed by atoms with E-state index in [1.54, 1.807) is 51.5 Å². The molecule has 126 valence electrons. The molecule has 2 aromatic carbocycles. The lowest BCUT2D eigenvalue weighted by atomic mass is 10.1. The van der Waals surface area contributed by atoms with Gasteiger partial charge in [0.2, 0.25) is 0 Å². The Hall–Kier alpha value is -2.87. The molecule has 8 heteroatoms. The normalized spacial score (nSPS) is 9.96. The van der Waals surface area contributed by atoms with Gasteiger partial charge in [-0.2, -0.15) is 0 Å². The highest BCUT2D eigenvalue weighted by Crippen LogP contribution is 2.30. The zero-order chi connectivity index (χ0) is 17.7. The van der Waals surface area contributed by atoms with Gasteiger partial charge in [-0.05, 0) is 37.3 Å². The van der Waals surface area contributed by atoms with Crippen LogP contribution in [0.2, 0.25) is 0 Å². The first-order chi connectivity index (χ1) is 11.5. The minimum atomic E-state index is -0.428. The number of hydrogen-bond acceptors (Lipinski definition) is 5. The molecule has 0 spiro atoms. The second-order valence-electron chi connectivity index (χ2n) is 4.85. The fourth-order valence-electron chi connectivity index (χ4n) is 2.14. The van der Waals surface area contributed by atoms with Crippen LogP contribution in [0.3, 0.4) is 0 Å². The summed E-state index contributed by atoms with van der Waals surface area (Å²) in [5.41, 5.74) is 1.71. The maximum atomic E-state index is 11.0. The van der Waals surface area contributed by atoms with Gasteiger partial charge in [0.05, 0.1) is 36.1 Å². The Morgan fingerprint density at radius 2 is 1.83 bits per heavy atom. The number of nitro benzene ring substituents is 1. The third-order valence-corrected chi connectivity index (χ3v) is 3.61. The van der Waals surface area contributed by atoms with E-state index in [0.717, 1.165) is 0 Å². The molecule has 0 atom stereocenters. The van der Waals surface area contributed by atoms with E-state index >= 15 is 0 Å². The highest BCUT2D eigenvalue weighted by atomic mass is 32.1. The topological polar surface area (TPSA) is 85.7 Å². The van der Waals surface area contributed by atoms with Crippen LogP contribution in [0.5, 0.6) is 11.5 Å². The van der Waals surface area contributed by atoms with E-state index in [1.807, 2.05) is 0 Å². The number of nitrogens with one attached hydrogen (secondary N) is 2. The summed E-state index contributed by atoms with van der Waals surface area (Å²) in [6.07, 6.45) is 0. The highest BCUT2D eigenvalue weighted by Gasteiger charge is 2.14. The number of ether oxygens (including phenoxy) is 2. The Morgan fingerprint density at radius 3 is 2.46 bits per heavy atom. The molecule has 2 rings (SSSR count). The van der Waals surface area contributed by atoms with Gasteiger partial charge in [-0.1, -0.05) is 6.07 Å². The number of methoxy groups -OCH3 is 2. The van der Waals surface area contributed by atoms with Crippen LogP contribution in [0.1, 0.15) is 5.56 Å². The van der Waals surface area contributed by atoms with Crippen molar-refractivity contribution in [3.05, 3.63) is 52.1 Å². The zero-order valence-corrected chi connectivity index (χ0v) is 14.3. The molecule has 0 saturated heterocycles. The second-order valence-corrected chi connectivity index (χ2v) is 5.26. The smallest absolute Gasteiger partial charge is 0.274 e. The average molecular weight is 347 g/mol. The van der Waals surface area contributed by atoms with Crippen molar-refractivity contribution < 1.29 is 14.4 Å². The maximum Gasteiger partial charge on any atom is 0.274 e. The van der Waals surface area contributed by atoms with Crippen LogP contribution >= 0.6 is 12.2 Å². The van der Waals surface area contributed by atoms with E-state index in [0.29, 0.717) is 28.4 Å². The summed E-state index contributed by atoms with van der Waals surface area (Å²) < 4.78 is 10.5. The molecule has 0 aliphatic carbocycles. The van der Waals surface area contributed by atoms with Crippen LogP contribution in [0.4, 0.5) is 17.1 Å². The van der Waals surface area contributed by atoms with Crippen molar-refractivity contribution in [2.24, 2.45) is 0 Å². The van der Waals surface area contributed by atoms with Crippen molar-refractivity contribution in [1.29, 1.82) is 0 Å². The Morgan fingerprint density at radius 1 is 1.12 bits per heavy atom. The molecule has 0 radical (unpaired) electrons. The van der Waals surface area contributed by atoms with E-state index in [9.17, 15) is 10.1 Å². The molecular weight excluding hydrogens is 330 g/mol. The van der Waals surface area contributed by atoms with Crippen molar-refractivity contribution in [1.82, 2.24) is 0 Å². The highest BCUT2D eigenvalue weighted by molar-refractivity contribution is 7.80. The molecular formula is C16H17N3O4S. The third-order valence-electron chi connectivity index (χ3n) is 3.40. The lowest BCUT2D eigenvalue weighted by Crippen LogP contribution is -2.20. The van der Waals surface area contributed by atoms with E-state index in [-0.39, 0.29) is 10.8 Å². The fourth-order valence-corrected chi connectivity index (χ4v) is 2.36. The van der Waals surface area contributed by atoms with Gasteiger partial charge in [0.25, 0.3) is 5.69 Å². The predicted molar refractivity (Wildman–Crippen MR) is 97.2 cm³/mol. The molecule has 0 amide bonds. The van der Waals surface area contributed by atoms with Gasteiger partial charge in [0.1, 0.15) is 11.5 Å². The Bertz CT molecular complexity index is 780. The van der Waals surface area contributed by atoms with E-state index in [4.69, 9.17) is 21.7 Å². The minimum Gasteiger partial charge on any atom is -0.497 e. The van der Waals surface area contributed by atoms with Gasteiger partial charge in [-0.25, -0.2) is 0 Å². The number of anilines is 2. The number of hydrogen-bond donors (Lipinski definition) is 2. The fraction of sp³-hybridized carbons (Fsp3) is 0.188. The van der Waals surface area contributed by atoms with E-state index in [2.05, 4.69) is 10.6 Å². The van der Waals surface area contributed by atoms with Gasteiger partial charge in [0, 0.05) is 12.1 Å². The van der Waals surface area contributed by atoms with Gasteiger partial charge in [0.15, 0.2) is 5.11 Å². The minimum absolute atomic E-state index is 0.0294. The summed E-state index contributed by atoms with van der Waals surface area (Å²) in [7, 11) is 3.11. The Labute approximate surface area is 144 Å². The number of nitro groups is 1. The average Bonchev–Trinajstić information content (AvgIpc) is 2.56. The molecule has 0 aliphatic heterocycles. The van der Waals surface area contributed by atoms with Gasteiger partial charge < -0.3 is 20.1 Å². The molecule has 0 saturated carbocycles. The van der Waals surface area contributed by atoms with E-state index in [1.165, 1.54) is 6.07 Å². The number of nitrogens with zero attached hydrogens (tertiary/aromatic N) is 1. The van der Waals surface area contributed by atoms with E-state index < -0.39 is 4.92 Å². The van der Waals surface area contributed by atoms with Crippen molar-refractivity contribution >= 4 is 34.4 Å². The molecule has 2 aromatic rings. The molecule has 0 heterocycles. The summed E-state index contributed by atoms with van der Waals surface area (Å²) in [6.45, 7) is 1.66. The standard InChI is InChI=1S/C16H17N3O4S/c1-10-12(5-4-6-14(10)19(20)21)17-16(24)18-13-9-11(22-2)7-8-15(13)23-3/h4-9H,1-3H3,(H2,17,18,24). The van der Waals surface area contributed by atoms with Crippen molar-refractivity contribution in [2.75, 3.05) is 24.9 Å². The van der Waals surface area contributed by atoms with Crippen LogP contribution in [0.15, 0.2) is 36.4 Å². The summed E-state index contributed by atoms with van der Waals surface area (Å²) in [5.74, 6) is 1.24. The predicted octanol–water partition coefficient (Wildman–Crippen LogP) is 3.73. The number of thiocarbonyl (C=S) groups is 1. The summed E-state index contributed by atoms with van der Waals surface area (Å²) >= 11 is 5.29. The molecule has 0 unspecified atom stereocenters. The summed E-state index contributed by atoms with van der Waals surface area (Å²) in [5, 5.41) is 17.3. The van der Waals surface area contributed by atoms with Crippen LogP contribution in [0, 0.1) is 17.0 Å². The maximum absolute atomic E-state index is 11.0. The van der Waals surface area contributed by atoms with Crippen LogP contribution in [-0.2, 0) is 0 Å². The van der Waals surface area contributed by atoms with Crippen molar-refractivity contribution in [2.45, 2.75) is 6.92 Å².